The molecule has 0 bridgehead atoms. The first-order valence-corrected chi connectivity index (χ1v) is 8.92. The molecule has 0 radical (unpaired) electrons. The van der Waals surface area contributed by atoms with Crippen molar-refractivity contribution in [2.45, 2.75) is 12.8 Å². The van der Waals surface area contributed by atoms with E-state index in [0.29, 0.717) is 21.7 Å². The molecule has 3 aromatic rings. The summed E-state index contributed by atoms with van der Waals surface area (Å²) in [6.45, 7) is -0.499. The first kappa shape index (κ1) is 19.8. The van der Waals surface area contributed by atoms with Gasteiger partial charge in [-0.1, -0.05) is 35.3 Å². The lowest BCUT2D eigenvalue weighted by Gasteiger charge is -2.07. The van der Waals surface area contributed by atoms with Crippen molar-refractivity contribution < 1.29 is 14.3 Å². The number of aromatic nitrogens is 3. The van der Waals surface area contributed by atoms with Gasteiger partial charge in [-0.3, -0.25) is 14.4 Å². The van der Waals surface area contributed by atoms with E-state index in [0.717, 1.165) is 0 Å². The Balaban J connectivity index is 1.50. The zero-order chi connectivity index (χ0) is 20.1. The summed E-state index contributed by atoms with van der Waals surface area (Å²) in [5.74, 6) is -0.726. The van der Waals surface area contributed by atoms with Gasteiger partial charge in [0, 0.05) is 12.6 Å². The maximum atomic E-state index is 12.0. The van der Waals surface area contributed by atoms with Crippen molar-refractivity contribution in [1.29, 1.82) is 0 Å². The van der Waals surface area contributed by atoms with Crippen molar-refractivity contribution in [3.05, 3.63) is 62.8 Å². The molecule has 10 heteroatoms. The summed E-state index contributed by atoms with van der Waals surface area (Å²) in [7, 11) is 0. The molecule has 1 aromatic carbocycles. The Morgan fingerprint density at radius 1 is 1.21 bits per heavy atom. The van der Waals surface area contributed by atoms with Gasteiger partial charge in [-0.05, 0) is 18.2 Å². The van der Waals surface area contributed by atoms with Gasteiger partial charge in [-0.15, -0.1) is 0 Å². The number of hydrogen-bond donors (Lipinski definition) is 2. The number of benzene rings is 1. The molecule has 28 heavy (non-hydrogen) atoms. The van der Waals surface area contributed by atoms with Gasteiger partial charge in [-0.2, -0.15) is 0 Å². The number of carbonyl (C=O) groups is 2. The van der Waals surface area contributed by atoms with Crippen LogP contribution in [0.1, 0.15) is 12.2 Å². The van der Waals surface area contributed by atoms with Crippen LogP contribution in [0.15, 0.2) is 41.3 Å². The molecular weight excluding hydrogens is 407 g/mol. The highest BCUT2D eigenvalue weighted by Gasteiger charge is 2.12. The number of pyridine rings is 1. The number of aromatic amines is 1. The number of rotatable bonds is 6. The molecule has 3 rings (SSSR count). The zero-order valence-corrected chi connectivity index (χ0v) is 15.9. The Morgan fingerprint density at radius 2 is 2.00 bits per heavy atom. The third-order valence-electron chi connectivity index (χ3n) is 3.66. The quantitative estimate of drug-likeness (QED) is 0.592. The van der Waals surface area contributed by atoms with E-state index in [9.17, 15) is 14.4 Å². The highest BCUT2D eigenvalue weighted by molar-refractivity contribution is 6.36. The number of halogens is 2. The predicted molar refractivity (Wildman–Crippen MR) is 105 cm³/mol. The number of amides is 1. The first-order valence-electron chi connectivity index (χ1n) is 8.17. The monoisotopic (exact) mass is 420 g/mol. The number of fused-ring (bicyclic) bond motifs is 1. The number of anilines is 1. The second-order valence-corrected chi connectivity index (χ2v) is 6.57. The molecule has 2 N–H and O–H groups in total. The van der Waals surface area contributed by atoms with Gasteiger partial charge in [0.15, 0.2) is 12.4 Å². The van der Waals surface area contributed by atoms with Crippen molar-refractivity contribution in [3.63, 3.8) is 0 Å². The third-order valence-corrected chi connectivity index (χ3v) is 4.15. The minimum atomic E-state index is -0.610. The lowest BCUT2D eigenvalue weighted by Crippen LogP contribution is -2.22. The fraction of sp³-hybridized carbons (Fsp3) is 0.167. The van der Waals surface area contributed by atoms with Crippen LogP contribution in [0.3, 0.4) is 0 Å². The van der Waals surface area contributed by atoms with Crippen LogP contribution in [-0.4, -0.2) is 33.4 Å². The number of para-hydroxylation sites is 1. The van der Waals surface area contributed by atoms with Crippen LogP contribution in [0.5, 0.6) is 0 Å². The van der Waals surface area contributed by atoms with Crippen LogP contribution < -0.4 is 10.9 Å². The van der Waals surface area contributed by atoms with Crippen molar-refractivity contribution in [1.82, 2.24) is 15.0 Å². The molecule has 0 unspecified atom stereocenters. The lowest BCUT2D eigenvalue weighted by atomic mass is 10.2. The van der Waals surface area contributed by atoms with E-state index in [1.165, 1.54) is 12.3 Å². The van der Waals surface area contributed by atoms with Gasteiger partial charge in [0.1, 0.15) is 5.82 Å². The SMILES string of the molecule is O=C(COC(=O)CCc1nc2ccccc2c(=O)[nH]1)Nc1ncc(Cl)cc1Cl. The van der Waals surface area contributed by atoms with E-state index < -0.39 is 18.5 Å². The Morgan fingerprint density at radius 3 is 2.79 bits per heavy atom. The summed E-state index contributed by atoms with van der Waals surface area (Å²) >= 11 is 11.6. The van der Waals surface area contributed by atoms with Crippen molar-refractivity contribution in [2.24, 2.45) is 0 Å². The van der Waals surface area contributed by atoms with E-state index in [4.69, 9.17) is 27.9 Å². The van der Waals surface area contributed by atoms with Gasteiger partial charge in [0.25, 0.3) is 11.5 Å². The van der Waals surface area contributed by atoms with Crippen LogP contribution >= 0.6 is 23.2 Å². The van der Waals surface area contributed by atoms with Crippen LogP contribution in [0.25, 0.3) is 10.9 Å². The smallest absolute Gasteiger partial charge is 0.306 e. The summed E-state index contributed by atoms with van der Waals surface area (Å²) < 4.78 is 4.91. The number of H-pyrrole nitrogens is 1. The molecule has 8 nitrogen and oxygen atoms in total. The Hall–Kier alpha value is -2.97. The van der Waals surface area contributed by atoms with E-state index in [2.05, 4.69) is 20.3 Å². The predicted octanol–water partition coefficient (Wildman–Crippen LogP) is 2.74. The maximum Gasteiger partial charge on any atom is 0.306 e. The molecule has 0 fully saturated rings. The molecular formula is C18H14Cl2N4O4. The van der Waals surface area contributed by atoms with Gasteiger partial charge in [-0.25, -0.2) is 9.97 Å². The number of hydrogen-bond acceptors (Lipinski definition) is 6. The van der Waals surface area contributed by atoms with Crippen LogP contribution in [0.2, 0.25) is 10.0 Å². The van der Waals surface area contributed by atoms with Gasteiger partial charge >= 0.3 is 5.97 Å². The molecule has 2 aromatic heterocycles. The molecule has 2 heterocycles. The molecule has 0 spiro atoms. The van der Waals surface area contributed by atoms with E-state index in [1.807, 2.05) is 0 Å². The first-order chi connectivity index (χ1) is 13.4. The maximum absolute atomic E-state index is 12.0. The fourth-order valence-electron chi connectivity index (χ4n) is 2.37. The third kappa shape index (κ3) is 5.05. The topological polar surface area (TPSA) is 114 Å². The van der Waals surface area contributed by atoms with Gasteiger partial charge < -0.3 is 15.0 Å². The fourth-order valence-corrected chi connectivity index (χ4v) is 2.79. The van der Waals surface area contributed by atoms with E-state index in [-0.39, 0.29) is 29.2 Å². The molecule has 0 aliphatic rings. The largest absolute Gasteiger partial charge is 0.456 e. The van der Waals surface area contributed by atoms with Crippen molar-refractivity contribution in [3.8, 4) is 0 Å². The van der Waals surface area contributed by atoms with E-state index >= 15 is 0 Å². The Kier molecular flexibility index (Phi) is 6.23. The molecule has 1 amide bonds. The minimum absolute atomic E-state index is 0.0471. The molecule has 0 aliphatic heterocycles. The summed E-state index contributed by atoms with van der Waals surface area (Å²) in [6, 6.07) is 8.32. The van der Waals surface area contributed by atoms with Crippen LogP contribution in [0.4, 0.5) is 5.82 Å². The normalized spacial score (nSPS) is 10.6. The average molecular weight is 421 g/mol. The summed E-state index contributed by atoms with van der Waals surface area (Å²) in [6.07, 6.45) is 1.45. The van der Waals surface area contributed by atoms with E-state index in [1.54, 1.807) is 24.3 Å². The number of esters is 1. The molecule has 0 saturated heterocycles. The second-order valence-electron chi connectivity index (χ2n) is 5.72. The number of nitrogens with one attached hydrogen (secondary N) is 2. The second kappa shape index (κ2) is 8.81. The lowest BCUT2D eigenvalue weighted by molar-refractivity contribution is -0.147. The zero-order valence-electron chi connectivity index (χ0n) is 14.4. The Bertz CT molecular complexity index is 1100. The van der Waals surface area contributed by atoms with Crippen LogP contribution in [0, 0.1) is 0 Å². The summed E-state index contributed by atoms with van der Waals surface area (Å²) in [5, 5.41) is 3.38. The number of aryl methyl sites for hydroxylation is 1. The number of carbonyl (C=O) groups excluding carboxylic acids is 2. The average Bonchev–Trinajstić information content (AvgIpc) is 2.67. The number of ether oxygens (including phenoxy) is 1. The molecule has 0 aliphatic carbocycles. The van der Waals surface area contributed by atoms with Crippen molar-refractivity contribution in [2.75, 3.05) is 11.9 Å². The highest BCUT2D eigenvalue weighted by Crippen LogP contribution is 2.22. The Labute approximate surface area is 168 Å². The highest BCUT2D eigenvalue weighted by atomic mass is 35.5. The summed E-state index contributed by atoms with van der Waals surface area (Å²) in [5.41, 5.74) is 0.266. The molecule has 144 valence electrons. The minimum Gasteiger partial charge on any atom is -0.456 e. The van der Waals surface area contributed by atoms with Gasteiger partial charge in [0.2, 0.25) is 0 Å². The standard InChI is InChI=1S/C18H14Cl2N4O4/c19-10-7-12(20)17(21-8-10)24-15(25)9-28-16(26)6-5-14-22-13-4-2-1-3-11(13)18(27)23-14/h1-4,7-8H,5-6,9H2,(H,21,24,25)(H,22,23,27). The van der Waals surface area contributed by atoms with Gasteiger partial charge in [0.05, 0.1) is 27.4 Å². The van der Waals surface area contributed by atoms with Crippen molar-refractivity contribution >= 4 is 51.8 Å². The number of nitrogens with zero attached hydrogens (tertiary/aromatic N) is 2. The summed E-state index contributed by atoms with van der Waals surface area (Å²) in [4.78, 5) is 46.5. The molecule has 0 atom stereocenters. The molecule has 0 saturated carbocycles. The van der Waals surface area contributed by atoms with Crippen LogP contribution in [-0.2, 0) is 20.7 Å².